The molecule has 1 rings (SSSR count). The SMILES string of the molecule is C=C1CCC=CCCC=CCCC1. The van der Waals surface area contributed by atoms with Gasteiger partial charge in [0.15, 0.2) is 0 Å². The van der Waals surface area contributed by atoms with E-state index in [0.717, 1.165) is 0 Å². The largest absolute Gasteiger partial charge is 0.0999 e. The third-order valence-electron chi connectivity index (χ3n) is 2.40. The molecule has 0 atom stereocenters. The fourth-order valence-electron chi connectivity index (χ4n) is 1.55. The van der Waals surface area contributed by atoms with Gasteiger partial charge in [-0.25, -0.2) is 0 Å². The molecule has 0 aromatic heterocycles. The predicted octanol–water partition coefficient (Wildman–Crippen LogP) is 4.40. The van der Waals surface area contributed by atoms with E-state index in [4.69, 9.17) is 0 Å². The Morgan fingerprint density at radius 3 is 2.15 bits per heavy atom. The zero-order valence-electron chi connectivity index (χ0n) is 8.47. The Bertz CT molecular complexity index is 196. The average Bonchev–Trinajstić information content (AvgIpc) is 2.11. The van der Waals surface area contributed by atoms with Crippen LogP contribution in [0.3, 0.4) is 0 Å². The minimum Gasteiger partial charge on any atom is -0.0999 e. The second-order valence-electron chi connectivity index (χ2n) is 3.70. The summed E-state index contributed by atoms with van der Waals surface area (Å²) in [6.07, 6.45) is 17.7. The van der Waals surface area contributed by atoms with E-state index in [9.17, 15) is 0 Å². The van der Waals surface area contributed by atoms with Gasteiger partial charge in [-0.3, -0.25) is 0 Å². The quantitative estimate of drug-likeness (QED) is 0.480. The summed E-state index contributed by atoms with van der Waals surface area (Å²) in [5.41, 5.74) is 1.42. The van der Waals surface area contributed by atoms with Crippen molar-refractivity contribution in [1.82, 2.24) is 0 Å². The zero-order chi connectivity index (χ0) is 9.36. The van der Waals surface area contributed by atoms with Gasteiger partial charge in [0.2, 0.25) is 0 Å². The van der Waals surface area contributed by atoms with Crippen molar-refractivity contribution in [3.63, 3.8) is 0 Å². The van der Waals surface area contributed by atoms with E-state index in [2.05, 4.69) is 30.9 Å². The summed E-state index contributed by atoms with van der Waals surface area (Å²) in [6.45, 7) is 4.08. The highest BCUT2D eigenvalue weighted by atomic mass is 14.0. The number of rotatable bonds is 0. The van der Waals surface area contributed by atoms with Crippen LogP contribution in [0.25, 0.3) is 0 Å². The second-order valence-corrected chi connectivity index (χ2v) is 3.70. The lowest BCUT2D eigenvalue weighted by atomic mass is 10.0. The third-order valence-corrected chi connectivity index (χ3v) is 2.40. The first kappa shape index (κ1) is 10.3. The van der Waals surface area contributed by atoms with Crippen LogP contribution in [0.5, 0.6) is 0 Å². The molecule has 0 bridgehead atoms. The molecule has 0 saturated carbocycles. The molecule has 0 saturated heterocycles. The molecule has 0 unspecified atom stereocenters. The molecule has 0 spiro atoms. The van der Waals surface area contributed by atoms with Crippen LogP contribution in [0.2, 0.25) is 0 Å². The highest BCUT2D eigenvalue weighted by Crippen LogP contribution is 2.13. The molecule has 0 heterocycles. The summed E-state index contributed by atoms with van der Waals surface area (Å²) in [6, 6.07) is 0. The Kier molecular flexibility index (Phi) is 5.31. The Labute approximate surface area is 82.0 Å². The van der Waals surface area contributed by atoms with Crippen LogP contribution < -0.4 is 0 Å². The van der Waals surface area contributed by atoms with E-state index < -0.39 is 0 Å². The van der Waals surface area contributed by atoms with Crippen LogP contribution in [-0.2, 0) is 0 Å². The predicted molar refractivity (Wildman–Crippen MR) is 59.7 cm³/mol. The Morgan fingerprint density at radius 2 is 1.38 bits per heavy atom. The minimum absolute atomic E-state index is 1.18. The van der Waals surface area contributed by atoms with E-state index in [1.54, 1.807) is 0 Å². The van der Waals surface area contributed by atoms with Crippen molar-refractivity contribution in [3.8, 4) is 0 Å². The van der Waals surface area contributed by atoms with Gasteiger partial charge in [-0.05, 0) is 44.9 Å². The molecule has 13 heavy (non-hydrogen) atoms. The standard InChI is InChI=1S/C13H20/c1-13-11-9-7-5-3-2-4-6-8-10-12-13/h3,5-6,8H,1-2,4,7,9-12H2. The van der Waals surface area contributed by atoms with Crippen molar-refractivity contribution < 1.29 is 0 Å². The molecular weight excluding hydrogens is 156 g/mol. The molecular formula is C13H20. The summed E-state index contributed by atoms with van der Waals surface area (Å²) < 4.78 is 0. The van der Waals surface area contributed by atoms with Crippen LogP contribution in [0.1, 0.15) is 44.9 Å². The van der Waals surface area contributed by atoms with Crippen LogP contribution in [0.4, 0.5) is 0 Å². The molecule has 0 aliphatic heterocycles. The molecule has 72 valence electrons. The van der Waals surface area contributed by atoms with Gasteiger partial charge in [-0.15, -0.1) is 0 Å². The second kappa shape index (κ2) is 6.71. The molecule has 0 aromatic carbocycles. The van der Waals surface area contributed by atoms with Gasteiger partial charge in [-0.1, -0.05) is 36.5 Å². The highest BCUT2D eigenvalue weighted by molar-refractivity contribution is 4.98. The van der Waals surface area contributed by atoms with Gasteiger partial charge in [0.05, 0.1) is 0 Å². The van der Waals surface area contributed by atoms with Crippen LogP contribution in [-0.4, -0.2) is 0 Å². The molecule has 0 radical (unpaired) electrons. The van der Waals surface area contributed by atoms with Crippen molar-refractivity contribution in [1.29, 1.82) is 0 Å². The summed E-state index contributed by atoms with van der Waals surface area (Å²) in [5.74, 6) is 0. The first-order chi connectivity index (χ1) is 6.39. The van der Waals surface area contributed by atoms with Gasteiger partial charge in [0.25, 0.3) is 0 Å². The number of allylic oxidation sites excluding steroid dienone is 5. The lowest BCUT2D eigenvalue weighted by Crippen LogP contribution is -1.82. The maximum absolute atomic E-state index is 4.08. The Morgan fingerprint density at radius 1 is 0.769 bits per heavy atom. The summed E-state index contributed by atoms with van der Waals surface area (Å²) in [7, 11) is 0. The van der Waals surface area contributed by atoms with E-state index in [0.29, 0.717) is 0 Å². The van der Waals surface area contributed by atoms with Crippen LogP contribution >= 0.6 is 0 Å². The monoisotopic (exact) mass is 176 g/mol. The van der Waals surface area contributed by atoms with Crippen LogP contribution in [0, 0.1) is 0 Å². The molecule has 0 nitrogen and oxygen atoms in total. The van der Waals surface area contributed by atoms with Crippen molar-refractivity contribution in [3.05, 3.63) is 36.5 Å². The van der Waals surface area contributed by atoms with Crippen molar-refractivity contribution in [2.45, 2.75) is 44.9 Å². The maximum Gasteiger partial charge on any atom is -0.0288 e. The van der Waals surface area contributed by atoms with E-state index in [1.165, 1.54) is 50.5 Å². The smallest absolute Gasteiger partial charge is 0.0288 e. The molecule has 0 N–H and O–H groups in total. The first-order valence-corrected chi connectivity index (χ1v) is 5.36. The topological polar surface area (TPSA) is 0 Å². The molecule has 1 aliphatic rings. The summed E-state index contributed by atoms with van der Waals surface area (Å²) in [4.78, 5) is 0. The average molecular weight is 176 g/mol. The highest BCUT2D eigenvalue weighted by Gasteiger charge is 1.93. The Balaban J connectivity index is 2.33. The molecule has 1 aliphatic carbocycles. The third kappa shape index (κ3) is 5.46. The van der Waals surface area contributed by atoms with Crippen molar-refractivity contribution in [2.75, 3.05) is 0 Å². The maximum atomic E-state index is 4.08. The molecule has 0 amide bonds. The fraction of sp³-hybridized carbons (Fsp3) is 0.538. The lowest BCUT2D eigenvalue weighted by Gasteiger charge is -2.02. The fourth-order valence-corrected chi connectivity index (χ4v) is 1.55. The molecule has 0 fully saturated rings. The van der Waals surface area contributed by atoms with Crippen molar-refractivity contribution in [2.24, 2.45) is 0 Å². The van der Waals surface area contributed by atoms with E-state index in [1.807, 2.05) is 0 Å². The normalized spacial score (nSPS) is 20.8. The molecule has 0 aromatic rings. The minimum atomic E-state index is 1.18. The summed E-state index contributed by atoms with van der Waals surface area (Å²) in [5, 5.41) is 0. The van der Waals surface area contributed by atoms with Crippen LogP contribution in [0.15, 0.2) is 36.5 Å². The van der Waals surface area contributed by atoms with Gasteiger partial charge in [0.1, 0.15) is 0 Å². The van der Waals surface area contributed by atoms with Crippen molar-refractivity contribution >= 4 is 0 Å². The van der Waals surface area contributed by atoms with Gasteiger partial charge in [-0.2, -0.15) is 0 Å². The first-order valence-electron chi connectivity index (χ1n) is 5.36. The van der Waals surface area contributed by atoms with E-state index >= 15 is 0 Å². The number of hydrogen-bond donors (Lipinski definition) is 0. The Hall–Kier alpha value is -0.780. The van der Waals surface area contributed by atoms with E-state index in [-0.39, 0.29) is 0 Å². The number of hydrogen-bond acceptors (Lipinski definition) is 0. The van der Waals surface area contributed by atoms with Gasteiger partial charge < -0.3 is 0 Å². The van der Waals surface area contributed by atoms with Gasteiger partial charge in [0, 0.05) is 0 Å². The molecule has 0 heteroatoms. The zero-order valence-corrected chi connectivity index (χ0v) is 8.47. The lowest BCUT2D eigenvalue weighted by molar-refractivity contribution is 0.783. The summed E-state index contributed by atoms with van der Waals surface area (Å²) >= 11 is 0. The van der Waals surface area contributed by atoms with Gasteiger partial charge >= 0.3 is 0 Å².